The van der Waals surface area contributed by atoms with Crippen molar-refractivity contribution in [1.29, 1.82) is 0 Å². The van der Waals surface area contributed by atoms with E-state index in [2.05, 4.69) is 10.3 Å². The molecule has 0 bridgehead atoms. The van der Waals surface area contributed by atoms with E-state index in [-0.39, 0.29) is 0 Å². The van der Waals surface area contributed by atoms with Crippen LogP contribution in [0.5, 0.6) is 0 Å². The maximum atomic E-state index is 12.1. The fraction of sp³-hybridized carbons (Fsp3) is 0.188. The van der Waals surface area contributed by atoms with E-state index in [0.29, 0.717) is 12.1 Å². The van der Waals surface area contributed by atoms with Crippen LogP contribution in [0.15, 0.2) is 42.7 Å². The molecule has 0 aliphatic rings. The van der Waals surface area contributed by atoms with Crippen LogP contribution in [0.25, 0.3) is 0 Å². The Morgan fingerprint density at radius 3 is 2.45 bits per heavy atom. The third-order valence-corrected chi connectivity index (χ3v) is 3.04. The second-order valence-electron chi connectivity index (χ2n) is 4.69. The lowest BCUT2D eigenvalue weighted by molar-refractivity contribution is -0.117. The number of nitrogens with one attached hydrogen (secondary N) is 1. The number of aromatic nitrogens is 1. The average Bonchev–Trinajstić information content (AvgIpc) is 2.45. The lowest BCUT2D eigenvalue weighted by atomic mass is 10.0. The van der Waals surface area contributed by atoms with Gasteiger partial charge < -0.3 is 5.32 Å². The van der Waals surface area contributed by atoms with Crippen molar-refractivity contribution in [3.8, 4) is 0 Å². The number of ketones is 1. The molecule has 20 heavy (non-hydrogen) atoms. The Bertz CT molecular complexity index is 636. The highest BCUT2D eigenvalue weighted by atomic mass is 16.2. The van der Waals surface area contributed by atoms with E-state index in [1.165, 1.54) is 0 Å². The van der Waals surface area contributed by atoms with Gasteiger partial charge in [0.1, 0.15) is 0 Å². The SMILES string of the molecule is Cc1ccc(C(=O)C(=O)NCc2ccncc2)c(C)c1. The van der Waals surface area contributed by atoms with Gasteiger partial charge in [-0.3, -0.25) is 14.6 Å². The molecule has 1 heterocycles. The molecule has 0 atom stereocenters. The predicted molar refractivity (Wildman–Crippen MR) is 76.3 cm³/mol. The van der Waals surface area contributed by atoms with E-state index in [4.69, 9.17) is 0 Å². The van der Waals surface area contributed by atoms with E-state index in [1.807, 2.05) is 26.0 Å². The highest BCUT2D eigenvalue weighted by Gasteiger charge is 2.17. The van der Waals surface area contributed by atoms with Crippen LogP contribution in [-0.4, -0.2) is 16.7 Å². The van der Waals surface area contributed by atoms with Crippen molar-refractivity contribution < 1.29 is 9.59 Å². The number of carbonyl (C=O) groups excluding carboxylic acids is 2. The van der Waals surface area contributed by atoms with Gasteiger partial charge in [-0.15, -0.1) is 0 Å². The zero-order valence-electron chi connectivity index (χ0n) is 11.5. The second-order valence-corrected chi connectivity index (χ2v) is 4.69. The first-order valence-electron chi connectivity index (χ1n) is 6.36. The lowest BCUT2D eigenvalue weighted by Gasteiger charge is -2.07. The molecular formula is C16H16N2O2. The molecule has 1 N–H and O–H groups in total. The summed E-state index contributed by atoms with van der Waals surface area (Å²) in [4.78, 5) is 27.8. The first-order chi connectivity index (χ1) is 9.58. The van der Waals surface area contributed by atoms with Crippen LogP contribution in [0.4, 0.5) is 0 Å². The smallest absolute Gasteiger partial charge is 0.292 e. The van der Waals surface area contributed by atoms with Gasteiger partial charge in [-0.1, -0.05) is 23.8 Å². The van der Waals surface area contributed by atoms with E-state index >= 15 is 0 Å². The van der Waals surface area contributed by atoms with E-state index < -0.39 is 11.7 Å². The van der Waals surface area contributed by atoms with Gasteiger partial charge in [0.05, 0.1) is 0 Å². The third-order valence-electron chi connectivity index (χ3n) is 3.04. The standard InChI is InChI=1S/C16H16N2O2/c1-11-3-4-14(12(2)9-11)15(19)16(20)18-10-13-5-7-17-8-6-13/h3-9H,10H2,1-2H3,(H,18,20). The van der Waals surface area contributed by atoms with Crippen molar-refractivity contribution >= 4 is 11.7 Å². The molecule has 0 unspecified atom stereocenters. The van der Waals surface area contributed by atoms with Crippen molar-refractivity contribution in [3.63, 3.8) is 0 Å². The minimum Gasteiger partial charge on any atom is -0.345 e. The summed E-state index contributed by atoms with van der Waals surface area (Å²) in [6.45, 7) is 4.10. The summed E-state index contributed by atoms with van der Waals surface area (Å²) in [5.41, 5.74) is 3.23. The van der Waals surface area contributed by atoms with Crippen molar-refractivity contribution in [2.75, 3.05) is 0 Å². The summed E-state index contributed by atoms with van der Waals surface area (Å²) in [7, 11) is 0. The quantitative estimate of drug-likeness (QED) is 0.683. The fourth-order valence-electron chi connectivity index (χ4n) is 1.95. The molecule has 0 aliphatic heterocycles. The van der Waals surface area contributed by atoms with Crippen LogP contribution >= 0.6 is 0 Å². The molecule has 0 radical (unpaired) electrons. The molecule has 0 spiro atoms. The normalized spacial score (nSPS) is 10.1. The Morgan fingerprint density at radius 2 is 1.80 bits per heavy atom. The Labute approximate surface area is 117 Å². The summed E-state index contributed by atoms with van der Waals surface area (Å²) < 4.78 is 0. The number of amides is 1. The summed E-state index contributed by atoms with van der Waals surface area (Å²) in [5, 5.41) is 2.62. The van der Waals surface area contributed by atoms with E-state index in [9.17, 15) is 9.59 Å². The maximum absolute atomic E-state index is 12.1. The van der Waals surface area contributed by atoms with Gasteiger partial charge in [-0.25, -0.2) is 0 Å². The predicted octanol–water partition coefficient (Wildman–Crippen LogP) is 2.20. The first kappa shape index (κ1) is 13.9. The molecule has 0 saturated heterocycles. The molecule has 1 amide bonds. The van der Waals surface area contributed by atoms with Crippen LogP contribution in [0.3, 0.4) is 0 Å². The van der Waals surface area contributed by atoms with E-state index in [0.717, 1.165) is 16.7 Å². The van der Waals surface area contributed by atoms with Gasteiger partial charge in [0, 0.05) is 24.5 Å². The zero-order chi connectivity index (χ0) is 14.5. The number of pyridine rings is 1. The van der Waals surface area contributed by atoms with Crippen molar-refractivity contribution in [2.24, 2.45) is 0 Å². The number of carbonyl (C=O) groups is 2. The largest absolute Gasteiger partial charge is 0.345 e. The minimum absolute atomic E-state index is 0.317. The maximum Gasteiger partial charge on any atom is 0.292 e. The van der Waals surface area contributed by atoms with Crippen LogP contribution in [0.2, 0.25) is 0 Å². The number of aryl methyl sites for hydroxylation is 2. The van der Waals surface area contributed by atoms with Crippen molar-refractivity contribution in [3.05, 3.63) is 65.0 Å². The number of hydrogen-bond donors (Lipinski definition) is 1. The number of Topliss-reactive ketones (excluding diaryl/α,β-unsaturated/α-hetero) is 1. The van der Waals surface area contributed by atoms with Gasteiger partial charge in [-0.05, 0) is 37.1 Å². The second kappa shape index (κ2) is 6.10. The first-order valence-corrected chi connectivity index (χ1v) is 6.36. The Morgan fingerprint density at radius 1 is 1.10 bits per heavy atom. The molecule has 4 nitrogen and oxygen atoms in total. The van der Waals surface area contributed by atoms with Crippen LogP contribution in [-0.2, 0) is 11.3 Å². The van der Waals surface area contributed by atoms with Gasteiger partial charge in [0.25, 0.3) is 5.91 Å². The molecule has 1 aromatic carbocycles. The molecule has 1 aromatic heterocycles. The molecule has 0 saturated carbocycles. The monoisotopic (exact) mass is 268 g/mol. The summed E-state index contributed by atoms with van der Waals surface area (Å²) in [6.07, 6.45) is 3.29. The summed E-state index contributed by atoms with van der Waals surface area (Å²) >= 11 is 0. The highest BCUT2D eigenvalue weighted by molar-refractivity contribution is 6.43. The molecule has 0 aliphatic carbocycles. The van der Waals surface area contributed by atoms with Gasteiger partial charge in [0.2, 0.25) is 5.78 Å². The summed E-state index contributed by atoms with van der Waals surface area (Å²) in [5.74, 6) is -1.09. The van der Waals surface area contributed by atoms with Crippen LogP contribution in [0.1, 0.15) is 27.0 Å². The number of hydrogen-bond acceptors (Lipinski definition) is 3. The average molecular weight is 268 g/mol. The minimum atomic E-state index is -0.589. The van der Waals surface area contributed by atoms with Gasteiger partial charge in [-0.2, -0.15) is 0 Å². The number of rotatable bonds is 4. The summed E-state index contributed by atoms with van der Waals surface area (Å²) in [6, 6.07) is 9.00. The number of benzene rings is 1. The fourth-order valence-corrected chi connectivity index (χ4v) is 1.95. The lowest BCUT2D eigenvalue weighted by Crippen LogP contribution is -2.31. The van der Waals surface area contributed by atoms with Gasteiger partial charge in [0.15, 0.2) is 0 Å². The Balaban J connectivity index is 2.04. The molecule has 0 fully saturated rings. The topological polar surface area (TPSA) is 59.1 Å². The third kappa shape index (κ3) is 3.29. The van der Waals surface area contributed by atoms with Gasteiger partial charge >= 0.3 is 0 Å². The molecular weight excluding hydrogens is 252 g/mol. The zero-order valence-corrected chi connectivity index (χ0v) is 11.5. The van der Waals surface area contributed by atoms with E-state index in [1.54, 1.807) is 30.6 Å². The number of nitrogens with zero attached hydrogens (tertiary/aromatic N) is 1. The Hall–Kier alpha value is -2.49. The van der Waals surface area contributed by atoms with Crippen molar-refractivity contribution in [2.45, 2.75) is 20.4 Å². The molecule has 4 heteroatoms. The van der Waals surface area contributed by atoms with Crippen LogP contribution < -0.4 is 5.32 Å². The molecule has 2 aromatic rings. The Kier molecular flexibility index (Phi) is 4.25. The highest BCUT2D eigenvalue weighted by Crippen LogP contribution is 2.11. The van der Waals surface area contributed by atoms with Crippen molar-refractivity contribution in [1.82, 2.24) is 10.3 Å². The molecule has 2 rings (SSSR count). The molecule has 102 valence electrons. The van der Waals surface area contributed by atoms with Crippen LogP contribution in [0, 0.1) is 13.8 Å².